The smallest absolute Gasteiger partial charge is 0.354 e. The van der Waals surface area contributed by atoms with Crippen LogP contribution in [0.4, 0.5) is 11.5 Å². The Morgan fingerprint density at radius 3 is 2.53 bits per heavy atom. The van der Waals surface area contributed by atoms with Crippen LogP contribution >= 0.6 is 0 Å². The molecule has 0 saturated heterocycles. The number of hydrogen-bond acceptors (Lipinski definition) is 8. The highest BCUT2D eigenvalue weighted by Crippen LogP contribution is 2.35. The van der Waals surface area contributed by atoms with Gasteiger partial charge in [0.25, 0.3) is 0 Å². The van der Waals surface area contributed by atoms with Gasteiger partial charge >= 0.3 is 5.97 Å². The molecule has 34 heavy (non-hydrogen) atoms. The molecule has 2 heterocycles. The minimum atomic E-state index is -0.406. The Hall–Kier alpha value is -3.33. The zero-order valence-corrected chi connectivity index (χ0v) is 20.4. The van der Waals surface area contributed by atoms with E-state index in [2.05, 4.69) is 22.2 Å². The molecule has 0 aliphatic heterocycles. The van der Waals surface area contributed by atoms with Crippen LogP contribution in [0, 0.1) is 0 Å². The summed E-state index contributed by atoms with van der Waals surface area (Å²) in [5, 5.41) is 4.04. The summed E-state index contributed by atoms with van der Waals surface area (Å²) in [6, 6.07) is 5.44. The number of fused-ring (bicyclic) bond motifs is 1. The van der Waals surface area contributed by atoms with E-state index in [0.29, 0.717) is 35.3 Å². The number of aromatic nitrogens is 3. The van der Waals surface area contributed by atoms with E-state index in [1.807, 2.05) is 12.1 Å². The first-order valence-electron chi connectivity index (χ1n) is 11.6. The van der Waals surface area contributed by atoms with Gasteiger partial charge in [-0.25, -0.2) is 14.8 Å². The molecular weight excluding hydrogens is 436 g/mol. The topological polar surface area (TPSA) is 96.7 Å². The van der Waals surface area contributed by atoms with Crippen molar-refractivity contribution in [1.29, 1.82) is 0 Å². The second-order valence-electron chi connectivity index (χ2n) is 7.96. The summed E-state index contributed by atoms with van der Waals surface area (Å²) < 4.78 is 23.6. The van der Waals surface area contributed by atoms with E-state index in [4.69, 9.17) is 18.9 Å². The Morgan fingerprint density at radius 2 is 1.79 bits per heavy atom. The van der Waals surface area contributed by atoms with Crippen molar-refractivity contribution in [1.82, 2.24) is 14.5 Å². The van der Waals surface area contributed by atoms with E-state index in [9.17, 15) is 4.79 Å². The fourth-order valence-electron chi connectivity index (χ4n) is 3.60. The Morgan fingerprint density at radius 1 is 1.00 bits per heavy atom. The number of nitrogens with zero attached hydrogens (tertiary/aromatic N) is 3. The highest BCUT2D eigenvalue weighted by Gasteiger charge is 2.15. The summed E-state index contributed by atoms with van der Waals surface area (Å²) in [5.74, 6) is 1.46. The molecule has 0 saturated carbocycles. The van der Waals surface area contributed by atoms with E-state index in [0.717, 1.165) is 56.2 Å². The normalized spacial score (nSPS) is 10.9. The summed E-state index contributed by atoms with van der Waals surface area (Å²) in [6.07, 6.45) is 8.60. The molecule has 184 valence electrons. The third kappa shape index (κ3) is 6.60. The molecule has 0 radical (unpaired) electrons. The minimum absolute atomic E-state index is 0.406. The van der Waals surface area contributed by atoms with Crippen LogP contribution in [-0.2, 0) is 16.5 Å². The highest BCUT2D eigenvalue weighted by atomic mass is 16.5. The first-order valence-corrected chi connectivity index (χ1v) is 11.6. The van der Waals surface area contributed by atoms with E-state index in [1.54, 1.807) is 31.0 Å². The van der Waals surface area contributed by atoms with Gasteiger partial charge in [-0.15, -0.1) is 0 Å². The molecule has 3 rings (SSSR count). The number of ether oxygens (including phenoxy) is 4. The zero-order chi connectivity index (χ0) is 24.3. The van der Waals surface area contributed by atoms with Gasteiger partial charge in [-0.1, -0.05) is 13.3 Å². The first kappa shape index (κ1) is 25.3. The number of carbonyl (C=O) groups excluding carboxylic acids is 1. The van der Waals surface area contributed by atoms with E-state index < -0.39 is 5.97 Å². The third-order valence-corrected chi connectivity index (χ3v) is 5.37. The van der Waals surface area contributed by atoms with E-state index in [-0.39, 0.29) is 0 Å². The maximum atomic E-state index is 11.9. The molecule has 0 spiro atoms. The molecule has 0 fully saturated rings. The summed E-state index contributed by atoms with van der Waals surface area (Å²) >= 11 is 0. The molecule has 1 N–H and O–H groups in total. The van der Waals surface area contributed by atoms with Gasteiger partial charge in [0.1, 0.15) is 17.8 Å². The van der Waals surface area contributed by atoms with Crippen LogP contribution in [0.2, 0.25) is 0 Å². The fraction of sp³-hybridized carbons (Fsp3) is 0.480. The first-order chi connectivity index (χ1) is 16.6. The summed E-state index contributed by atoms with van der Waals surface area (Å²) in [6.45, 7) is 4.39. The number of anilines is 2. The Balaban J connectivity index is 1.65. The molecule has 1 aromatic carbocycles. The van der Waals surface area contributed by atoms with Crippen molar-refractivity contribution >= 4 is 28.4 Å². The molecule has 0 unspecified atom stereocenters. The maximum absolute atomic E-state index is 11.9. The van der Waals surface area contributed by atoms with Crippen molar-refractivity contribution < 1.29 is 23.7 Å². The largest absolute Gasteiger partial charge is 0.493 e. The van der Waals surface area contributed by atoms with Gasteiger partial charge in [-0.3, -0.25) is 0 Å². The van der Waals surface area contributed by atoms with Gasteiger partial charge in [0, 0.05) is 37.9 Å². The predicted octanol–water partition coefficient (Wildman–Crippen LogP) is 4.87. The Kier molecular flexibility index (Phi) is 9.51. The van der Waals surface area contributed by atoms with E-state index >= 15 is 0 Å². The number of benzene rings is 1. The van der Waals surface area contributed by atoms with Crippen molar-refractivity contribution in [2.45, 2.75) is 39.0 Å². The van der Waals surface area contributed by atoms with Crippen LogP contribution in [0.5, 0.6) is 11.5 Å². The van der Waals surface area contributed by atoms with Gasteiger partial charge in [-0.05, 0) is 37.8 Å². The SMILES string of the molecule is CCCOCCCCCCOc1cc2ncnc(Nc3cc(C(=O)OC)n(C)c3)c2cc1OC. The molecule has 2 aromatic heterocycles. The van der Waals surface area contributed by atoms with Gasteiger partial charge in [0.15, 0.2) is 11.5 Å². The molecule has 0 amide bonds. The number of esters is 1. The summed E-state index contributed by atoms with van der Waals surface area (Å²) in [7, 11) is 4.75. The molecule has 0 bridgehead atoms. The van der Waals surface area contributed by atoms with Crippen molar-refractivity contribution in [2.24, 2.45) is 7.05 Å². The summed E-state index contributed by atoms with van der Waals surface area (Å²) in [5.41, 5.74) is 1.87. The van der Waals surface area contributed by atoms with Crippen molar-refractivity contribution in [3.05, 3.63) is 36.4 Å². The minimum Gasteiger partial charge on any atom is -0.493 e. The number of unbranched alkanes of at least 4 members (excludes halogenated alkanes) is 3. The fourth-order valence-corrected chi connectivity index (χ4v) is 3.60. The number of carbonyl (C=O) groups is 1. The standard InChI is InChI=1S/C25H34N4O5/c1-5-10-33-11-8-6-7-9-12-34-23-15-20-19(14-22(23)31-3)24(27-17-26-20)28-18-13-21(25(30)32-4)29(2)16-18/h13-17H,5-12H2,1-4H3,(H,26,27,28). The van der Waals surface area contributed by atoms with Crippen LogP contribution in [0.1, 0.15) is 49.5 Å². The molecule has 9 nitrogen and oxygen atoms in total. The molecule has 0 aliphatic carbocycles. The Bertz CT molecular complexity index is 1080. The average molecular weight is 471 g/mol. The number of rotatable bonds is 14. The summed E-state index contributed by atoms with van der Waals surface area (Å²) in [4.78, 5) is 20.7. The lowest BCUT2D eigenvalue weighted by atomic mass is 10.2. The van der Waals surface area contributed by atoms with Gasteiger partial charge in [-0.2, -0.15) is 0 Å². The van der Waals surface area contributed by atoms with Gasteiger partial charge in [0.2, 0.25) is 0 Å². The van der Waals surface area contributed by atoms with Crippen LogP contribution < -0.4 is 14.8 Å². The van der Waals surface area contributed by atoms with Crippen LogP contribution in [0.3, 0.4) is 0 Å². The molecular formula is C25H34N4O5. The lowest BCUT2D eigenvalue weighted by Gasteiger charge is -2.13. The number of aryl methyl sites for hydroxylation is 1. The number of methoxy groups -OCH3 is 2. The quantitative estimate of drug-likeness (QED) is 0.263. The third-order valence-electron chi connectivity index (χ3n) is 5.37. The molecule has 9 heteroatoms. The predicted molar refractivity (Wildman–Crippen MR) is 131 cm³/mol. The Labute approximate surface area is 200 Å². The second kappa shape index (κ2) is 12.8. The molecule has 0 atom stereocenters. The van der Waals surface area contributed by atoms with Crippen molar-refractivity contribution in [2.75, 3.05) is 39.4 Å². The number of nitrogens with one attached hydrogen (secondary N) is 1. The van der Waals surface area contributed by atoms with Gasteiger partial charge < -0.3 is 28.8 Å². The molecule has 3 aromatic rings. The van der Waals surface area contributed by atoms with Crippen LogP contribution in [0.15, 0.2) is 30.7 Å². The zero-order valence-electron chi connectivity index (χ0n) is 20.4. The maximum Gasteiger partial charge on any atom is 0.354 e. The van der Waals surface area contributed by atoms with E-state index in [1.165, 1.54) is 13.4 Å². The van der Waals surface area contributed by atoms with Crippen LogP contribution in [-0.4, -0.2) is 54.5 Å². The second-order valence-corrected chi connectivity index (χ2v) is 7.96. The molecule has 0 aliphatic rings. The average Bonchev–Trinajstić information content (AvgIpc) is 3.22. The van der Waals surface area contributed by atoms with Crippen molar-refractivity contribution in [3.8, 4) is 11.5 Å². The van der Waals surface area contributed by atoms with Crippen LogP contribution in [0.25, 0.3) is 10.9 Å². The number of hydrogen-bond donors (Lipinski definition) is 1. The monoisotopic (exact) mass is 470 g/mol. The lowest BCUT2D eigenvalue weighted by molar-refractivity contribution is 0.0590. The highest BCUT2D eigenvalue weighted by molar-refractivity contribution is 5.94. The lowest BCUT2D eigenvalue weighted by Crippen LogP contribution is -2.06. The van der Waals surface area contributed by atoms with Crippen molar-refractivity contribution in [3.63, 3.8) is 0 Å². The van der Waals surface area contributed by atoms with Gasteiger partial charge in [0.05, 0.1) is 32.0 Å².